The molecule has 3 nitrogen and oxygen atoms in total. The van der Waals surface area contributed by atoms with Gasteiger partial charge in [0.05, 0.1) is 0 Å². The molecule has 2 rings (SSSR count). The molecule has 1 unspecified atom stereocenters. The molecule has 1 aliphatic rings. The Balaban J connectivity index is 1.69. The number of benzene rings is 1. The molecule has 1 amide bonds. The lowest BCUT2D eigenvalue weighted by Gasteiger charge is -2.13. The van der Waals surface area contributed by atoms with Crippen LogP contribution in [0.15, 0.2) is 24.3 Å². The highest BCUT2D eigenvalue weighted by Gasteiger charge is 2.15. The van der Waals surface area contributed by atoms with Crippen LogP contribution in [0.4, 0.5) is 5.69 Å². The Labute approximate surface area is 121 Å². The van der Waals surface area contributed by atoms with E-state index in [2.05, 4.69) is 12.2 Å². The Morgan fingerprint density at radius 3 is 2.60 bits per heavy atom. The van der Waals surface area contributed by atoms with Crippen molar-refractivity contribution in [3.8, 4) is 0 Å². The normalized spacial score (nSPS) is 17.1. The average Bonchev–Trinajstić information content (AvgIpc) is 2.92. The molecule has 0 spiro atoms. The van der Waals surface area contributed by atoms with Crippen LogP contribution in [0.5, 0.6) is 0 Å². The molecule has 1 atom stereocenters. The van der Waals surface area contributed by atoms with E-state index >= 15 is 0 Å². The van der Waals surface area contributed by atoms with Gasteiger partial charge in [0.2, 0.25) is 5.91 Å². The third-order valence-corrected chi connectivity index (χ3v) is 4.35. The summed E-state index contributed by atoms with van der Waals surface area (Å²) >= 11 is 0. The number of amides is 1. The molecular formula is C17H26N2O. The first-order valence-corrected chi connectivity index (χ1v) is 7.77. The van der Waals surface area contributed by atoms with Crippen molar-refractivity contribution >= 4 is 11.6 Å². The van der Waals surface area contributed by atoms with Crippen LogP contribution in [-0.2, 0) is 4.79 Å². The molecule has 1 aliphatic carbocycles. The molecule has 1 aromatic carbocycles. The number of anilines is 1. The number of nitrogens with one attached hydrogen (secondary N) is 1. The molecule has 3 N–H and O–H groups in total. The second-order valence-corrected chi connectivity index (χ2v) is 6.06. The van der Waals surface area contributed by atoms with E-state index < -0.39 is 0 Å². The number of nitrogens with two attached hydrogens (primary N) is 1. The molecule has 1 fully saturated rings. The molecule has 1 aromatic rings. The van der Waals surface area contributed by atoms with Gasteiger partial charge in [0.15, 0.2) is 0 Å². The molecule has 0 radical (unpaired) electrons. The van der Waals surface area contributed by atoms with Gasteiger partial charge in [-0.05, 0) is 36.0 Å². The Hall–Kier alpha value is -1.51. The van der Waals surface area contributed by atoms with Crippen molar-refractivity contribution in [3.63, 3.8) is 0 Å². The number of carbonyl (C=O) groups is 1. The monoisotopic (exact) mass is 274 g/mol. The molecule has 0 aromatic heterocycles. The van der Waals surface area contributed by atoms with Gasteiger partial charge in [0.1, 0.15) is 0 Å². The fourth-order valence-electron chi connectivity index (χ4n) is 3.01. The van der Waals surface area contributed by atoms with E-state index in [1.165, 1.54) is 31.2 Å². The summed E-state index contributed by atoms with van der Waals surface area (Å²) in [4.78, 5) is 11.9. The van der Waals surface area contributed by atoms with Gasteiger partial charge in [0.25, 0.3) is 0 Å². The van der Waals surface area contributed by atoms with Crippen LogP contribution < -0.4 is 11.1 Å². The minimum absolute atomic E-state index is 0.160. The first-order valence-electron chi connectivity index (χ1n) is 7.77. The molecule has 110 valence electrons. The van der Waals surface area contributed by atoms with Gasteiger partial charge < -0.3 is 11.1 Å². The van der Waals surface area contributed by atoms with Crippen molar-refractivity contribution in [1.82, 2.24) is 5.32 Å². The van der Waals surface area contributed by atoms with Crippen molar-refractivity contribution < 1.29 is 4.79 Å². The van der Waals surface area contributed by atoms with Gasteiger partial charge in [-0.1, -0.05) is 44.7 Å². The number of hydrogen-bond acceptors (Lipinski definition) is 2. The number of nitrogen functional groups attached to an aromatic ring is 1. The van der Waals surface area contributed by atoms with E-state index in [9.17, 15) is 4.79 Å². The largest absolute Gasteiger partial charge is 0.399 e. The highest BCUT2D eigenvalue weighted by molar-refractivity contribution is 5.76. The van der Waals surface area contributed by atoms with E-state index in [-0.39, 0.29) is 11.8 Å². The maximum absolute atomic E-state index is 11.9. The van der Waals surface area contributed by atoms with Gasteiger partial charge in [-0.3, -0.25) is 4.79 Å². The van der Waals surface area contributed by atoms with Crippen molar-refractivity contribution in [3.05, 3.63) is 29.8 Å². The summed E-state index contributed by atoms with van der Waals surface area (Å²) in [5, 5.41) is 3.06. The number of carbonyl (C=O) groups excluding carboxylic acids is 1. The Morgan fingerprint density at radius 1 is 1.30 bits per heavy atom. The second kappa shape index (κ2) is 7.32. The highest BCUT2D eigenvalue weighted by Crippen LogP contribution is 2.27. The van der Waals surface area contributed by atoms with Crippen LogP contribution in [0.3, 0.4) is 0 Å². The minimum Gasteiger partial charge on any atom is -0.399 e. The highest BCUT2D eigenvalue weighted by atomic mass is 16.1. The molecule has 0 saturated heterocycles. The summed E-state index contributed by atoms with van der Waals surface area (Å²) < 4.78 is 0. The van der Waals surface area contributed by atoms with E-state index in [4.69, 9.17) is 5.73 Å². The Kier molecular flexibility index (Phi) is 5.45. The van der Waals surface area contributed by atoms with Crippen LogP contribution >= 0.6 is 0 Å². The number of hydrogen-bond donors (Lipinski definition) is 2. The topological polar surface area (TPSA) is 55.1 Å². The van der Waals surface area contributed by atoms with Crippen LogP contribution in [0, 0.1) is 5.92 Å². The smallest absolute Gasteiger partial charge is 0.220 e. The van der Waals surface area contributed by atoms with E-state index in [1.54, 1.807) is 0 Å². The van der Waals surface area contributed by atoms with Gasteiger partial charge >= 0.3 is 0 Å². The lowest BCUT2D eigenvalue weighted by molar-refractivity contribution is -0.121. The summed E-state index contributed by atoms with van der Waals surface area (Å²) in [7, 11) is 0. The maximum Gasteiger partial charge on any atom is 0.220 e. The van der Waals surface area contributed by atoms with E-state index in [1.807, 2.05) is 24.3 Å². The molecule has 0 bridgehead atoms. The molecule has 3 heteroatoms. The average molecular weight is 274 g/mol. The summed E-state index contributed by atoms with van der Waals surface area (Å²) in [6.45, 7) is 2.92. The zero-order valence-corrected chi connectivity index (χ0v) is 12.4. The fourth-order valence-corrected chi connectivity index (χ4v) is 3.01. The molecule has 0 aliphatic heterocycles. The molecular weight excluding hydrogens is 248 g/mol. The van der Waals surface area contributed by atoms with Gasteiger partial charge in [0, 0.05) is 18.7 Å². The van der Waals surface area contributed by atoms with E-state index in [0.717, 1.165) is 24.6 Å². The Bertz CT molecular complexity index is 421. The molecule has 20 heavy (non-hydrogen) atoms. The molecule has 1 saturated carbocycles. The van der Waals surface area contributed by atoms with Crippen molar-refractivity contribution in [2.45, 2.75) is 51.4 Å². The van der Waals surface area contributed by atoms with Gasteiger partial charge in [-0.15, -0.1) is 0 Å². The summed E-state index contributed by atoms with van der Waals surface area (Å²) in [5.41, 5.74) is 7.61. The zero-order valence-electron chi connectivity index (χ0n) is 12.4. The third kappa shape index (κ3) is 4.55. The summed E-state index contributed by atoms with van der Waals surface area (Å²) in [6.07, 6.45) is 7.12. The van der Waals surface area contributed by atoms with Crippen LogP contribution in [0.2, 0.25) is 0 Å². The maximum atomic E-state index is 11.9. The first kappa shape index (κ1) is 14.9. The second-order valence-electron chi connectivity index (χ2n) is 6.06. The standard InChI is InChI=1S/C17H26N2O/c1-13(15-6-8-16(18)9-7-15)12-17(20)19-11-10-14-4-2-3-5-14/h6-9,13-14H,2-5,10-12,18H2,1H3,(H,19,20). The quantitative estimate of drug-likeness (QED) is 0.781. The first-order chi connectivity index (χ1) is 9.65. The zero-order chi connectivity index (χ0) is 14.4. The van der Waals surface area contributed by atoms with Gasteiger partial charge in [-0.25, -0.2) is 0 Å². The van der Waals surface area contributed by atoms with Gasteiger partial charge in [-0.2, -0.15) is 0 Å². The van der Waals surface area contributed by atoms with Crippen LogP contribution in [-0.4, -0.2) is 12.5 Å². The van der Waals surface area contributed by atoms with Crippen LogP contribution in [0.25, 0.3) is 0 Å². The lowest BCUT2D eigenvalue weighted by atomic mass is 9.97. The predicted molar refractivity (Wildman–Crippen MR) is 83.5 cm³/mol. The predicted octanol–water partition coefficient (Wildman–Crippen LogP) is 3.46. The van der Waals surface area contributed by atoms with Crippen molar-refractivity contribution in [2.24, 2.45) is 5.92 Å². The lowest BCUT2D eigenvalue weighted by Crippen LogP contribution is -2.26. The summed E-state index contributed by atoms with van der Waals surface area (Å²) in [6, 6.07) is 7.80. The third-order valence-electron chi connectivity index (χ3n) is 4.35. The minimum atomic E-state index is 0.160. The fraction of sp³-hybridized carbons (Fsp3) is 0.588. The molecule has 0 heterocycles. The van der Waals surface area contributed by atoms with E-state index in [0.29, 0.717) is 6.42 Å². The summed E-state index contributed by atoms with van der Waals surface area (Å²) in [5.74, 6) is 1.24. The Morgan fingerprint density at radius 2 is 1.95 bits per heavy atom. The van der Waals surface area contributed by atoms with Crippen molar-refractivity contribution in [2.75, 3.05) is 12.3 Å². The SMILES string of the molecule is CC(CC(=O)NCCC1CCCC1)c1ccc(N)cc1. The van der Waals surface area contributed by atoms with Crippen molar-refractivity contribution in [1.29, 1.82) is 0 Å². The van der Waals surface area contributed by atoms with Crippen LogP contribution in [0.1, 0.15) is 56.9 Å². The number of rotatable bonds is 6.